The minimum atomic E-state index is -0.0928. The topological polar surface area (TPSA) is 52.7 Å². The van der Waals surface area contributed by atoms with Crippen molar-refractivity contribution >= 4 is 17.5 Å². The van der Waals surface area contributed by atoms with E-state index in [1.165, 1.54) is 0 Å². The van der Waals surface area contributed by atoms with Crippen LogP contribution >= 0.6 is 0 Å². The van der Waals surface area contributed by atoms with Crippen LogP contribution < -0.4 is 10.2 Å². The smallest absolute Gasteiger partial charge is 0.246 e. The van der Waals surface area contributed by atoms with Crippen molar-refractivity contribution in [2.75, 3.05) is 31.6 Å². The number of piperazine rings is 1. The number of likely N-dealkylation sites (N-methyl/N-ethyl adjacent to an activating group) is 1. The Kier molecular flexibility index (Phi) is 6.43. The van der Waals surface area contributed by atoms with Gasteiger partial charge in [0.1, 0.15) is 6.54 Å². The predicted octanol–water partition coefficient (Wildman–Crippen LogP) is 3.36. The fourth-order valence-electron chi connectivity index (χ4n) is 4.18. The Balaban J connectivity index is 1.67. The highest BCUT2D eigenvalue weighted by molar-refractivity contribution is 6.01. The van der Waals surface area contributed by atoms with Crippen LogP contribution in [0.2, 0.25) is 0 Å². The molecule has 5 heteroatoms. The number of anilines is 1. The van der Waals surface area contributed by atoms with Crippen molar-refractivity contribution in [3.05, 3.63) is 90.5 Å². The third-order valence-corrected chi connectivity index (χ3v) is 5.68. The van der Waals surface area contributed by atoms with E-state index in [9.17, 15) is 9.59 Å². The molecule has 5 nitrogen and oxygen atoms in total. The zero-order valence-corrected chi connectivity index (χ0v) is 17.7. The Bertz CT molecular complexity index is 1040. The van der Waals surface area contributed by atoms with Crippen molar-refractivity contribution in [1.82, 2.24) is 10.2 Å². The van der Waals surface area contributed by atoms with Gasteiger partial charge in [-0.2, -0.15) is 0 Å². The van der Waals surface area contributed by atoms with Crippen molar-refractivity contribution in [2.24, 2.45) is 0 Å². The molecule has 3 aromatic carbocycles. The van der Waals surface area contributed by atoms with Gasteiger partial charge in [-0.15, -0.1) is 0 Å². The van der Waals surface area contributed by atoms with Gasteiger partial charge in [-0.25, -0.2) is 0 Å². The number of nitrogens with zero attached hydrogens (tertiary/aromatic N) is 2. The first kappa shape index (κ1) is 20.8. The van der Waals surface area contributed by atoms with Crippen LogP contribution in [-0.2, 0) is 16.0 Å². The first-order valence-electron chi connectivity index (χ1n) is 10.6. The summed E-state index contributed by atoms with van der Waals surface area (Å²) in [7, 11) is 1.75. The number of para-hydroxylation sites is 1. The molecule has 3 aromatic rings. The Morgan fingerprint density at radius 2 is 1.58 bits per heavy atom. The Morgan fingerprint density at radius 1 is 0.935 bits per heavy atom. The number of nitrogens with one attached hydrogen (secondary N) is 1. The van der Waals surface area contributed by atoms with Crippen LogP contribution in [0.3, 0.4) is 0 Å². The SMILES string of the molecule is CNCC(=O)N1CC(=O)N(c2ccccc2-c2ccccc2)CC1Cc1ccccc1. The van der Waals surface area contributed by atoms with Crippen molar-refractivity contribution in [3.63, 3.8) is 0 Å². The maximum absolute atomic E-state index is 13.2. The quantitative estimate of drug-likeness (QED) is 0.674. The van der Waals surface area contributed by atoms with Gasteiger partial charge in [0.05, 0.1) is 18.3 Å². The molecular weight excluding hydrogens is 386 g/mol. The lowest BCUT2D eigenvalue weighted by molar-refractivity contribution is -0.138. The lowest BCUT2D eigenvalue weighted by Gasteiger charge is -2.41. The van der Waals surface area contributed by atoms with Gasteiger partial charge in [-0.3, -0.25) is 9.59 Å². The number of rotatable bonds is 6. The van der Waals surface area contributed by atoms with Crippen LogP contribution in [0, 0.1) is 0 Å². The second-order valence-corrected chi connectivity index (χ2v) is 7.78. The summed E-state index contributed by atoms with van der Waals surface area (Å²) < 4.78 is 0. The number of hydrogen-bond acceptors (Lipinski definition) is 3. The molecule has 1 heterocycles. The van der Waals surface area contributed by atoms with Crippen molar-refractivity contribution < 1.29 is 9.59 Å². The first-order valence-corrected chi connectivity index (χ1v) is 10.6. The second-order valence-electron chi connectivity index (χ2n) is 7.78. The van der Waals surface area contributed by atoms with E-state index in [1.807, 2.05) is 65.6 Å². The molecule has 1 atom stereocenters. The van der Waals surface area contributed by atoms with Gasteiger partial charge in [0, 0.05) is 12.1 Å². The molecule has 1 saturated heterocycles. The molecule has 0 saturated carbocycles. The molecule has 0 spiro atoms. The fourth-order valence-corrected chi connectivity index (χ4v) is 4.18. The number of hydrogen-bond donors (Lipinski definition) is 1. The van der Waals surface area contributed by atoms with E-state index < -0.39 is 0 Å². The van der Waals surface area contributed by atoms with Crippen LogP contribution in [0.15, 0.2) is 84.9 Å². The summed E-state index contributed by atoms with van der Waals surface area (Å²) >= 11 is 0. The average Bonchev–Trinajstić information content (AvgIpc) is 2.81. The maximum Gasteiger partial charge on any atom is 0.246 e. The lowest BCUT2D eigenvalue weighted by atomic mass is 9.98. The highest BCUT2D eigenvalue weighted by Gasteiger charge is 2.36. The zero-order chi connectivity index (χ0) is 21.6. The normalized spacial score (nSPS) is 16.4. The van der Waals surface area contributed by atoms with E-state index in [1.54, 1.807) is 11.9 Å². The summed E-state index contributed by atoms with van der Waals surface area (Å²) in [5, 5.41) is 2.92. The van der Waals surface area contributed by atoms with E-state index in [0.29, 0.717) is 13.0 Å². The maximum atomic E-state index is 13.2. The van der Waals surface area contributed by atoms with Crippen LogP contribution in [0.4, 0.5) is 5.69 Å². The standard InChI is InChI=1S/C26H27N3O2/c1-27-17-25(30)28-19-26(31)29(18-22(28)16-20-10-4-2-5-11-20)24-15-9-8-14-23(24)21-12-6-3-7-13-21/h2-15,22,27H,16-19H2,1H3. The fraction of sp³-hybridized carbons (Fsp3) is 0.231. The summed E-state index contributed by atoms with van der Waals surface area (Å²) in [6, 6.07) is 28.1. The van der Waals surface area contributed by atoms with Gasteiger partial charge in [0.2, 0.25) is 11.8 Å². The molecule has 0 bridgehead atoms. The minimum Gasteiger partial charge on any atom is -0.327 e. The van der Waals surface area contributed by atoms with Crippen LogP contribution in [0.5, 0.6) is 0 Å². The molecule has 31 heavy (non-hydrogen) atoms. The third-order valence-electron chi connectivity index (χ3n) is 5.68. The first-order chi connectivity index (χ1) is 15.2. The van der Waals surface area contributed by atoms with Gasteiger partial charge in [0.15, 0.2) is 0 Å². The van der Waals surface area contributed by atoms with Gasteiger partial charge in [-0.1, -0.05) is 78.9 Å². The summed E-state index contributed by atoms with van der Waals surface area (Å²) in [6.45, 7) is 0.771. The monoisotopic (exact) mass is 413 g/mol. The van der Waals surface area contributed by atoms with Crippen LogP contribution in [-0.4, -0.2) is 49.4 Å². The molecule has 1 unspecified atom stereocenters. The number of benzene rings is 3. The Morgan fingerprint density at radius 3 is 2.29 bits per heavy atom. The molecule has 0 aliphatic carbocycles. The minimum absolute atomic E-state index is 0.0484. The van der Waals surface area contributed by atoms with E-state index >= 15 is 0 Å². The van der Waals surface area contributed by atoms with Gasteiger partial charge < -0.3 is 15.1 Å². The lowest BCUT2D eigenvalue weighted by Crippen LogP contribution is -2.60. The highest BCUT2D eigenvalue weighted by Crippen LogP contribution is 2.32. The Labute approximate surface area is 183 Å². The van der Waals surface area contributed by atoms with Crippen LogP contribution in [0.25, 0.3) is 11.1 Å². The molecule has 158 valence electrons. The second kappa shape index (κ2) is 9.58. The van der Waals surface area contributed by atoms with Crippen molar-refractivity contribution in [2.45, 2.75) is 12.5 Å². The summed E-state index contributed by atoms with van der Waals surface area (Å²) in [5.41, 5.74) is 4.13. The molecule has 0 radical (unpaired) electrons. The molecule has 1 aliphatic rings. The van der Waals surface area contributed by atoms with Crippen LogP contribution in [0.1, 0.15) is 5.56 Å². The number of carbonyl (C=O) groups excluding carboxylic acids is 2. The molecular formula is C26H27N3O2. The van der Waals surface area contributed by atoms with E-state index in [4.69, 9.17) is 0 Å². The van der Waals surface area contributed by atoms with E-state index in [2.05, 4.69) is 29.6 Å². The number of carbonyl (C=O) groups is 2. The molecule has 1 fully saturated rings. The van der Waals surface area contributed by atoms with Crippen molar-refractivity contribution in [3.8, 4) is 11.1 Å². The summed E-state index contributed by atoms with van der Waals surface area (Å²) in [4.78, 5) is 29.6. The van der Waals surface area contributed by atoms with Gasteiger partial charge in [-0.05, 0) is 30.7 Å². The summed E-state index contributed by atoms with van der Waals surface area (Å²) in [5.74, 6) is -0.107. The molecule has 1 aliphatic heterocycles. The summed E-state index contributed by atoms with van der Waals surface area (Å²) in [6.07, 6.45) is 0.702. The molecule has 0 aromatic heterocycles. The Hall–Kier alpha value is -3.44. The van der Waals surface area contributed by atoms with E-state index in [0.717, 1.165) is 22.4 Å². The molecule has 1 N–H and O–H groups in total. The molecule has 4 rings (SSSR count). The third kappa shape index (κ3) is 4.67. The average molecular weight is 414 g/mol. The zero-order valence-electron chi connectivity index (χ0n) is 17.7. The van der Waals surface area contributed by atoms with Crippen molar-refractivity contribution in [1.29, 1.82) is 0 Å². The highest BCUT2D eigenvalue weighted by atomic mass is 16.2. The number of amides is 2. The van der Waals surface area contributed by atoms with Gasteiger partial charge >= 0.3 is 0 Å². The largest absolute Gasteiger partial charge is 0.327 e. The van der Waals surface area contributed by atoms with E-state index in [-0.39, 0.29) is 30.9 Å². The predicted molar refractivity (Wildman–Crippen MR) is 124 cm³/mol. The molecule has 2 amide bonds. The van der Waals surface area contributed by atoms with Gasteiger partial charge in [0.25, 0.3) is 0 Å².